The number of unbranched alkanes of at least 4 members (excludes halogenated alkanes) is 7. The maximum atomic E-state index is 11.5. The van der Waals surface area contributed by atoms with Crippen molar-refractivity contribution in [3.05, 3.63) is 0 Å². The highest BCUT2D eigenvalue weighted by molar-refractivity contribution is 14.2. The standard InChI is InChI=1S/C13H28IN2O4P/c1-2-3-4-5-6-7-8-9-10-16(18)13(17)11-15-12-21(14,19)20/h15,18H,2-12H2,1H3,(H,19,20). The van der Waals surface area contributed by atoms with Crippen molar-refractivity contribution in [1.82, 2.24) is 10.4 Å². The van der Waals surface area contributed by atoms with E-state index in [0.29, 0.717) is 11.6 Å². The first-order chi connectivity index (χ1) is 9.87. The zero-order valence-electron chi connectivity index (χ0n) is 12.8. The number of rotatable bonds is 13. The minimum Gasteiger partial charge on any atom is -0.336 e. The zero-order valence-corrected chi connectivity index (χ0v) is 15.8. The van der Waals surface area contributed by atoms with Gasteiger partial charge in [-0.1, -0.05) is 51.9 Å². The molecule has 0 spiro atoms. The van der Waals surface area contributed by atoms with E-state index >= 15 is 0 Å². The van der Waals surface area contributed by atoms with Crippen molar-refractivity contribution in [2.45, 2.75) is 58.3 Å². The summed E-state index contributed by atoms with van der Waals surface area (Å²) in [5, 5.41) is 9.60. The molecule has 0 bridgehead atoms. The van der Waals surface area contributed by atoms with E-state index in [1.807, 2.05) is 0 Å². The van der Waals surface area contributed by atoms with Crippen molar-refractivity contribution in [1.29, 1.82) is 0 Å². The van der Waals surface area contributed by atoms with E-state index in [2.05, 4.69) is 12.2 Å². The van der Waals surface area contributed by atoms with Gasteiger partial charge in [0.15, 0.2) is 0 Å². The molecule has 0 saturated heterocycles. The van der Waals surface area contributed by atoms with Crippen molar-refractivity contribution in [2.24, 2.45) is 0 Å². The molecule has 21 heavy (non-hydrogen) atoms. The quantitative estimate of drug-likeness (QED) is 0.136. The molecule has 0 heterocycles. The molecule has 0 rings (SSSR count). The molecule has 0 saturated carbocycles. The summed E-state index contributed by atoms with van der Waals surface area (Å²) >= 11 is 1.45. The number of carbonyl (C=O) groups is 1. The van der Waals surface area contributed by atoms with Gasteiger partial charge in [-0.25, -0.2) is 5.06 Å². The number of halogens is 1. The fraction of sp³-hybridized carbons (Fsp3) is 0.923. The molecule has 1 amide bonds. The molecule has 0 aliphatic rings. The molecule has 0 aromatic heterocycles. The van der Waals surface area contributed by atoms with Crippen molar-refractivity contribution >= 4 is 33.0 Å². The Labute approximate surface area is 140 Å². The minimum atomic E-state index is -3.19. The van der Waals surface area contributed by atoms with E-state index in [-0.39, 0.29) is 12.8 Å². The third-order valence-corrected chi connectivity index (χ3v) is 4.73. The largest absolute Gasteiger partial charge is 0.336 e. The topological polar surface area (TPSA) is 89.9 Å². The van der Waals surface area contributed by atoms with Gasteiger partial charge >= 0.3 is 0 Å². The second-order valence-corrected chi connectivity index (χ2v) is 11.3. The second-order valence-electron chi connectivity index (χ2n) is 5.19. The van der Waals surface area contributed by atoms with Crippen LogP contribution in [0.25, 0.3) is 0 Å². The van der Waals surface area contributed by atoms with E-state index < -0.39 is 10.9 Å². The van der Waals surface area contributed by atoms with Gasteiger partial charge in [-0.3, -0.25) is 19.9 Å². The maximum absolute atomic E-state index is 11.5. The second kappa shape index (κ2) is 12.8. The molecule has 0 fully saturated rings. The summed E-state index contributed by atoms with van der Waals surface area (Å²) in [5.74, 6) is -0.470. The summed E-state index contributed by atoms with van der Waals surface area (Å²) in [6, 6.07) is 0. The first-order valence-corrected chi connectivity index (χ1v) is 12.2. The van der Waals surface area contributed by atoms with Gasteiger partial charge in [-0.2, -0.15) is 0 Å². The van der Waals surface area contributed by atoms with Gasteiger partial charge in [-0.15, -0.1) is 0 Å². The smallest absolute Gasteiger partial charge is 0.270 e. The van der Waals surface area contributed by atoms with Crippen LogP contribution in [0.3, 0.4) is 0 Å². The summed E-state index contributed by atoms with van der Waals surface area (Å²) in [7, 11) is 0. The summed E-state index contributed by atoms with van der Waals surface area (Å²) in [4.78, 5) is 20.5. The van der Waals surface area contributed by atoms with Crippen LogP contribution in [0, 0.1) is 0 Å². The van der Waals surface area contributed by atoms with Crippen LogP contribution in [0.1, 0.15) is 58.3 Å². The summed E-state index contributed by atoms with van der Waals surface area (Å²) in [6.45, 7) is 2.39. The van der Waals surface area contributed by atoms with Crippen molar-refractivity contribution < 1.29 is 19.5 Å². The molecule has 8 heteroatoms. The summed E-state index contributed by atoms with van der Waals surface area (Å²) in [5.41, 5.74) is 0. The monoisotopic (exact) mass is 434 g/mol. The number of hydrogen-bond donors (Lipinski definition) is 3. The van der Waals surface area contributed by atoms with Gasteiger partial charge in [0.05, 0.1) is 12.8 Å². The Kier molecular flexibility index (Phi) is 13.0. The molecule has 0 aliphatic heterocycles. The Balaban J connectivity index is 3.49. The molecule has 0 aromatic rings. The van der Waals surface area contributed by atoms with Gasteiger partial charge in [0, 0.05) is 28.6 Å². The average Bonchev–Trinajstić information content (AvgIpc) is 2.40. The number of hydroxylamine groups is 2. The van der Waals surface area contributed by atoms with E-state index in [4.69, 9.17) is 4.89 Å². The first kappa shape index (κ1) is 21.3. The van der Waals surface area contributed by atoms with Gasteiger partial charge in [0.2, 0.25) is 0 Å². The third-order valence-electron chi connectivity index (χ3n) is 3.09. The van der Waals surface area contributed by atoms with Crippen molar-refractivity contribution in [3.8, 4) is 0 Å². The highest BCUT2D eigenvalue weighted by Gasteiger charge is 2.14. The van der Waals surface area contributed by atoms with Gasteiger partial charge in [0.1, 0.15) is 0 Å². The zero-order chi connectivity index (χ0) is 16.1. The van der Waals surface area contributed by atoms with E-state index in [1.165, 1.54) is 54.1 Å². The molecule has 1 unspecified atom stereocenters. The Hall–Kier alpha value is 0.310. The Morgan fingerprint density at radius 2 is 1.67 bits per heavy atom. The molecule has 0 radical (unpaired) electrons. The van der Waals surface area contributed by atoms with Crippen LogP contribution < -0.4 is 5.32 Å². The number of carbonyl (C=O) groups excluding carboxylic acids is 1. The van der Waals surface area contributed by atoms with E-state index in [9.17, 15) is 14.6 Å². The predicted octanol–water partition coefficient (Wildman–Crippen LogP) is 3.51. The molecule has 0 aromatic carbocycles. The Morgan fingerprint density at radius 1 is 1.14 bits per heavy atom. The lowest BCUT2D eigenvalue weighted by atomic mass is 10.1. The first-order valence-electron chi connectivity index (χ1n) is 7.58. The number of hydrogen-bond acceptors (Lipinski definition) is 4. The number of amides is 1. The van der Waals surface area contributed by atoms with Crippen molar-refractivity contribution in [2.75, 3.05) is 19.4 Å². The summed E-state index contributed by atoms with van der Waals surface area (Å²) in [6.07, 6.45) is 9.09. The molecular formula is C13H28IN2O4P. The third kappa shape index (κ3) is 15.0. The number of nitrogens with one attached hydrogen (secondary N) is 1. The predicted molar refractivity (Wildman–Crippen MR) is 92.8 cm³/mol. The van der Waals surface area contributed by atoms with Gasteiger partial charge < -0.3 is 4.89 Å². The fourth-order valence-electron chi connectivity index (χ4n) is 1.91. The average molecular weight is 434 g/mol. The van der Waals surface area contributed by atoms with Crippen LogP contribution in [-0.2, 0) is 9.36 Å². The molecule has 126 valence electrons. The van der Waals surface area contributed by atoms with E-state index in [1.54, 1.807) is 0 Å². The van der Waals surface area contributed by atoms with E-state index in [0.717, 1.165) is 19.3 Å². The number of nitrogens with zero attached hydrogens (tertiary/aromatic N) is 1. The highest BCUT2D eigenvalue weighted by Crippen LogP contribution is 2.48. The van der Waals surface area contributed by atoms with Crippen LogP contribution in [0.5, 0.6) is 0 Å². The molecular weight excluding hydrogens is 406 g/mol. The van der Waals surface area contributed by atoms with Gasteiger partial charge in [0.25, 0.3) is 10.9 Å². The van der Waals surface area contributed by atoms with Crippen LogP contribution in [0.2, 0.25) is 0 Å². The lowest BCUT2D eigenvalue weighted by Gasteiger charge is -2.15. The normalized spacial score (nSPS) is 13.9. The Bertz CT molecular complexity index is 325. The van der Waals surface area contributed by atoms with Crippen LogP contribution in [0.4, 0.5) is 0 Å². The maximum Gasteiger partial charge on any atom is 0.270 e. The lowest BCUT2D eigenvalue weighted by molar-refractivity contribution is -0.164. The SMILES string of the molecule is CCCCCCCCCCN(O)C(=O)CNCP(=O)(O)I. The van der Waals surface area contributed by atoms with Crippen LogP contribution in [-0.4, -0.2) is 40.4 Å². The van der Waals surface area contributed by atoms with Crippen LogP contribution in [0.15, 0.2) is 0 Å². The molecule has 0 aliphatic carbocycles. The highest BCUT2D eigenvalue weighted by atomic mass is 127. The minimum absolute atomic E-state index is 0.124. The fourth-order valence-corrected chi connectivity index (χ4v) is 3.02. The van der Waals surface area contributed by atoms with Gasteiger partial charge in [-0.05, 0) is 6.42 Å². The summed E-state index contributed by atoms with van der Waals surface area (Å²) < 4.78 is 11.0. The van der Waals surface area contributed by atoms with Crippen LogP contribution >= 0.6 is 27.1 Å². The Morgan fingerprint density at radius 3 is 2.19 bits per heavy atom. The molecule has 1 atom stereocenters. The lowest BCUT2D eigenvalue weighted by Crippen LogP contribution is -2.36. The molecule has 3 N–H and O–H groups in total. The van der Waals surface area contributed by atoms with Crippen molar-refractivity contribution in [3.63, 3.8) is 0 Å². The molecule has 6 nitrogen and oxygen atoms in total.